The van der Waals surface area contributed by atoms with Crippen LogP contribution in [0.1, 0.15) is 46.1 Å². The number of fused-ring (bicyclic) bond motifs is 1. The van der Waals surface area contributed by atoms with E-state index < -0.39 is 23.8 Å². The first-order valence-corrected chi connectivity index (χ1v) is 12.5. The van der Waals surface area contributed by atoms with Gasteiger partial charge in [-0.3, -0.25) is 14.8 Å². The van der Waals surface area contributed by atoms with Crippen LogP contribution < -0.4 is 10.2 Å². The van der Waals surface area contributed by atoms with Gasteiger partial charge in [0.05, 0.1) is 48.4 Å². The molecule has 5 heterocycles. The second-order valence-electron chi connectivity index (χ2n) is 9.77. The van der Waals surface area contributed by atoms with Gasteiger partial charge in [-0.05, 0) is 42.8 Å². The Morgan fingerprint density at radius 3 is 2.71 bits per heavy atom. The predicted molar refractivity (Wildman–Crippen MR) is 135 cm³/mol. The van der Waals surface area contributed by atoms with Gasteiger partial charge in [-0.15, -0.1) is 0 Å². The number of benzene rings is 1. The lowest BCUT2D eigenvalue weighted by Gasteiger charge is -2.27. The molecule has 3 aromatic rings. The molecule has 0 bridgehead atoms. The molecule has 0 spiro atoms. The molecule has 196 valence electrons. The minimum Gasteiger partial charge on any atom is -0.391 e. The summed E-state index contributed by atoms with van der Waals surface area (Å²) in [5, 5.41) is 12.5. The molecule has 0 radical (unpaired) electrons. The third-order valence-corrected chi connectivity index (χ3v) is 7.18. The summed E-state index contributed by atoms with van der Waals surface area (Å²) in [4.78, 5) is 29.8. The molecular formula is C27H25F3N6O2. The number of hydrogen-bond acceptors (Lipinski definition) is 7. The summed E-state index contributed by atoms with van der Waals surface area (Å²) in [6, 6.07) is 7.58. The number of rotatable bonds is 4. The van der Waals surface area contributed by atoms with Crippen molar-refractivity contribution in [3.63, 3.8) is 0 Å². The average molecular weight is 523 g/mol. The number of amidine groups is 1. The molecule has 1 amide bonds. The van der Waals surface area contributed by atoms with Crippen molar-refractivity contribution in [3.8, 4) is 0 Å². The van der Waals surface area contributed by atoms with Crippen LogP contribution >= 0.6 is 0 Å². The zero-order valence-electron chi connectivity index (χ0n) is 20.3. The molecule has 11 heteroatoms. The second-order valence-corrected chi connectivity index (χ2v) is 9.77. The maximum Gasteiger partial charge on any atom is 0.257 e. The molecule has 38 heavy (non-hydrogen) atoms. The van der Waals surface area contributed by atoms with Gasteiger partial charge in [-0.2, -0.15) is 0 Å². The molecular weight excluding hydrogens is 497 g/mol. The van der Waals surface area contributed by atoms with Crippen molar-refractivity contribution in [2.45, 2.75) is 37.7 Å². The molecule has 2 fully saturated rings. The summed E-state index contributed by atoms with van der Waals surface area (Å²) < 4.78 is 43.0. The Balaban J connectivity index is 1.21. The fourth-order valence-corrected chi connectivity index (χ4v) is 5.31. The highest BCUT2D eigenvalue weighted by molar-refractivity contribution is 6.06. The van der Waals surface area contributed by atoms with Crippen LogP contribution in [0.4, 0.5) is 24.7 Å². The number of aliphatic imine (C=N–C) groups is 1. The Morgan fingerprint density at radius 2 is 1.95 bits per heavy atom. The highest BCUT2D eigenvalue weighted by atomic mass is 19.1. The first-order valence-electron chi connectivity index (χ1n) is 12.5. The molecule has 2 N–H and O–H groups in total. The Hall–Kier alpha value is -3.99. The van der Waals surface area contributed by atoms with Gasteiger partial charge < -0.3 is 20.2 Å². The SMILES string of the molecule is O=C(Nc1cnc2c(c1)C(N1C[C@@H](F)C[C@@H]1c1cc(F)ccc1F)=NC2)c1ccc(N2CC[C@H](O)C2)nc1. The molecule has 3 aliphatic rings. The van der Waals surface area contributed by atoms with Crippen molar-refractivity contribution in [2.24, 2.45) is 4.99 Å². The van der Waals surface area contributed by atoms with Crippen LogP contribution in [0.25, 0.3) is 0 Å². The van der Waals surface area contributed by atoms with Crippen LogP contribution in [0, 0.1) is 11.6 Å². The number of halogens is 3. The predicted octanol–water partition coefficient (Wildman–Crippen LogP) is 3.62. The van der Waals surface area contributed by atoms with E-state index in [1.54, 1.807) is 23.1 Å². The number of aliphatic hydroxyl groups excluding tert-OH is 1. The zero-order chi connectivity index (χ0) is 26.4. The number of likely N-dealkylation sites (tertiary alicyclic amines) is 1. The molecule has 2 saturated heterocycles. The van der Waals surface area contributed by atoms with Crippen molar-refractivity contribution in [3.05, 3.63) is 82.8 Å². The van der Waals surface area contributed by atoms with E-state index in [1.165, 1.54) is 12.4 Å². The number of carbonyl (C=O) groups excluding carboxylic acids is 1. The standard InChI is InChI=1S/C27H25F3N6O2/c28-16-2-3-22(30)20(7-16)24-8-17(29)13-36(24)26-21-9-18(11-31-23(21)12-33-26)34-27(38)15-1-4-25(32-10-15)35-6-5-19(37)14-35/h1-4,7,9-11,17,19,24,37H,5-6,8,12-14H2,(H,34,38)/t17-,19-,24+/m0/s1. The number of aliphatic hydroxyl groups is 1. The molecule has 3 atom stereocenters. The van der Waals surface area contributed by atoms with Crippen LogP contribution in [0.3, 0.4) is 0 Å². The third-order valence-electron chi connectivity index (χ3n) is 7.18. The van der Waals surface area contributed by atoms with Gasteiger partial charge in [-0.25, -0.2) is 18.2 Å². The van der Waals surface area contributed by atoms with Crippen LogP contribution in [0.15, 0.2) is 53.8 Å². The molecule has 0 unspecified atom stereocenters. The first-order chi connectivity index (χ1) is 18.4. The lowest BCUT2D eigenvalue weighted by Crippen LogP contribution is -2.32. The molecule has 0 saturated carbocycles. The van der Waals surface area contributed by atoms with Crippen molar-refractivity contribution >= 4 is 23.2 Å². The number of amides is 1. The summed E-state index contributed by atoms with van der Waals surface area (Å²) >= 11 is 0. The number of anilines is 2. The number of nitrogens with one attached hydrogen (secondary N) is 1. The summed E-state index contributed by atoms with van der Waals surface area (Å²) in [5.74, 6) is -0.442. The Bertz CT molecular complexity index is 1420. The van der Waals surface area contributed by atoms with Gasteiger partial charge in [0.25, 0.3) is 5.91 Å². The number of hydrogen-bond donors (Lipinski definition) is 2. The van der Waals surface area contributed by atoms with Crippen molar-refractivity contribution in [2.75, 3.05) is 29.9 Å². The van der Waals surface area contributed by atoms with Crippen LogP contribution in [0.5, 0.6) is 0 Å². The largest absolute Gasteiger partial charge is 0.391 e. The summed E-state index contributed by atoms with van der Waals surface area (Å²) in [7, 11) is 0. The Kier molecular flexibility index (Phi) is 6.22. The van der Waals surface area contributed by atoms with E-state index in [9.17, 15) is 23.1 Å². The minimum atomic E-state index is -1.23. The fourth-order valence-electron chi connectivity index (χ4n) is 5.31. The van der Waals surface area contributed by atoms with Gasteiger partial charge in [0.1, 0.15) is 29.5 Å². The lowest BCUT2D eigenvalue weighted by atomic mass is 10.0. The summed E-state index contributed by atoms with van der Waals surface area (Å²) in [6.07, 6.45) is 2.09. The van der Waals surface area contributed by atoms with Gasteiger partial charge in [0.2, 0.25) is 0 Å². The van der Waals surface area contributed by atoms with Gasteiger partial charge in [0, 0.05) is 36.8 Å². The van der Waals surface area contributed by atoms with Crippen LogP contribution in [0.2, 0.25) is 0 Å². The van der Waals surface area contributed by atoms with Gasteiger partial charge in [-0.1, -0.05) is 0 Å². The zero-order valence-corrected chi connectivity index (χ0v) is 20.3. The Labute approximate surface area is 216 Å². The molecule has 8 nitrogen and oxygen atoms in total. The minimum absolute atomic E-state index is 0.0119. The average Bonchev–Trinajstić information content (AvgIpc) is 3.63. The van der Waals surface area contributed by atoms with Crippen molar-refractivity contribution in [1.82, 2.24) is 14.9 Å². The molecule has 2 aromatic heterocycles. The number of aromatic nitrogens is 2. The molecule has 0 aliphatic carbocycles. The third kappa shape index (κ3) is 4.58. The van der Waals surface area contributed by atoms with E-state index in [1.807, 2.05) is 4.90 Å². The first kappa shape index (κ1) is 24.4. The number of pyridine rings is 2. The van der Waals surface area contributed by atoms with E-state index in [0.717, 1.165) is 18.2 Å². The summed E-state index contributed by atoms with van der Waals surface area (Å²) in [5.41, 5.74) is 2.11. The smallest absolute Gasteiger partial charge is 0.257 e. The van der Waals surface area contributed by atoms with Gasteiger partial charge in [0.15, 0.2) is 0 Å². The van der Waals surface area contributed by atoms with Crippen LogP contribution in [-0.2, 0) is 6.54 Å². The Morgan fingerprint density at radius 1 is 1.08 bits per heavy atom. The second kappa shape index (κ2) is 9.71. The summed E-state index contributed by atoms with van der Waals surface area (Å²) in [6.45, 7) is 1.47. The quantitative estimate of drug-likeness (QED) is 0.544. The van der Waals surface area contributed by atoms with E-state index in [2.05, 4.69) is 20.3 Å². The van der Waals surface area contributed by atoms with Gasteiger partial charge >= 0.3 is 0 Å². The highest BCUT2D eigenvalue weighted by Crippen LogP contribution is 2.38. The van der Waals surface area contributed by atoms with E-state index >= 15 is 0 Å². The number of nitrogens with zero attached hydrogens (tertiary/aromatic N) is 5. The van der Waals surface area contributed by atoms with Crippen molar-refractivity contribution in [1.29, 1.82) is 0 Å². The van der Waals surface area contributed by atoms with Crippen LogP contribution in [-0.4, -0.2) is 63.6 Å². The maximum atomic E-state index is 14.6. The van der Waals surface area contributed by atoms with Crippen molar-refractivity contribution < 1.29 is 23.1 Å². The number of β-amino-alcohol motifs (C(OH)–C–C–N with tert-alkyl or cyclic N) is 1. The normalized spacial score (nSPS) is 22.5. The number of carbonyl (C=O) groups is 1. The topological polar surface area (TPSA) is 94.0 Å². The highest BCUT2D eigenvalue weighted by Gasteiger charge is 2.39. The van der Waals surface area contributed by atoms with E-state index in [0.29, 0.717) is 53.7 Å². The van der Waals surface area contributed by atoms with E-state index in [-0.39, 0.29) is 37.1 Å². The monoisotopic (exact) mass is 522 g/mol. The fraction of sp³-hybridized carbons (Fsp3) is 0.333. The molecule has 1 aromatic carbocycles. The molecule has 3 aliphatic heterocycles. The maximum absolute atomic E-state index is 14.6. The van der Waals surface area contributed by atoms with E-state index in [4.69, 9.17) is 0 Å². The lowest BCUT2D eigenvalue weighted by molar-refractivity contribution is 0.102. The molecule has 6 rings (SSSR count). The number of alkyl halides is 1.